The Morgan fingerprint density at radius 2 is 1.76 bits per heavy atom. The summed E-state index contributed by atoms with van der Waals surface area (Å²) in [6.45, 7) is 8.85. The molecule has 1 aromatic rings. The molecule has 0 aliphatic carbocycles. The van der Waals surface area contributed by atoms with E-state index in [1.807, 2.05) is 0 Å². The molecule has 0 spiro atoms. The summed E-state index contributed by atoms with van der Waals surface area (Å²) < 4.78 is 0. The lowest BCUT2D eigenvalue weighted by molar-refractivity contribution is 0.610. The molecule has 0 radical (unpaired) electrons. The zero-order chi connectivity index (χ0) is 12.3. The molecule has 0 saturated carbocycles. The summed E-state index contributed by atoms with van der Waals surface area (Å²) in [6, 6.07) is 10.6. The SMILES string of the molecule is CCCCCNCCN(CC)c1ccccc1. The van der Waals surface area contributed by atoms with Crippen LogP contribution in [-0.4, -0.2) is 26.2 Å². The number of para-hydroxylation sites is 1. The van der Waals surface area contributed by atoms with Gasteiger partial charge in [0, 0.05) is 25.3 Å². The van der Waals surface area contributed by atoms with Crippen LogP contribution >= 0.6 is 0 Å². The fourth-order valence-corrected chi connectivity index (χ4v) is 1.95. The zero-order valence-corrected chi connectivity index (χ0v) is 11.3. The monoisotopic (exact) mass is 234 g/mol. The fraction of sp³-hybridized carbons (Fsp3) is 0.600. The molecule has 0 heterocycles. The van der Waals surface area contributed by atoms with E-state index in [-0.39, 0.29) is 0 Å². The molecule has 0 fully saturated rings. The van der Waals surface area contributed by atoms with Crippen molar-refractivity contribution in [3.05, 3.63) is 30.3 Å². The minimum atomic E-state index is 1.07. The summed E-state index contributed by atoms with van der Waals surface area (Å²) in [5.41, 5.74) is 1.32. The van der Waals surface area contributed by atoms with Crippen LogP contribution in [0.25, 0.3) is 0 Å². The first kappa shape index (κ1) is 14.0. The maximum atomic E-state index is 3.51. The number of hydrogen-bond donors (Lipinski definition) is 1. The Morgan fingerprint density at radius 3 is 2.41 bits per heavy atom. The predicted molar refractivity (Wildman–Crippen MR) is 76.7 cm³/mol. The first-order chi connectivity index (χ1) is 8.38. The van der Waals surface area contributed by atoms with Gasteiger partial charge in [-0.05, 0) is 32.0 Å². The number of benzene rings is 1. The molecule has 2 heteroatoms. The van der Waals surface area contributed by atoms with E-state index in [9.17, 15) is 0 Å². The zero-order valence-electron chi connectivity index (χ0n) is 11.3. The van der Waals surface area contributed by atoms with Gasteiger partial charge in [0.05, 0.1) is 0 Å². The highest BCUT2D eigenvalue weighted by molar-refractivity contribution is 5.45. The Morgan fingerprint density at radius 1 is 1.00 bits per heavy atom. The van der Waals surface area contributed by atoms with E-state index in [0.717, 1.165) is 26.2 Å². The number of hydrogen-bond acceptors (Lipinski definition) is 2. The Balaban J connectivity index is 2.20. The van der Waals surface area contributed by atoms with Gasteiger partial charge in [-0.3, -0.25) is 0 Å². The quantitative estimate of drug-likeness (QED) is 0.660. The molecule has 0 aliphatic rings. The van der Waals surface area contributed by atoms with Crippen LogP contribution < -0.4 is 10.2 Å². The summed E-state index contributed by atoms with van der Waals surface area (Å²) in [6.07, 6.45) is 3.93. The van der Waals surface area contributed by atoms with Crippen molar-refractivity contribution in [2.75, 3.05) is 31.1 Å². The third-order valence-corrected chi connectivity index (χ3v) is 3.02. The molecule has 1 aromatic carbocycles. The lowest BCUT2D eigenvalue weighted by Crippen LogP contribution is -2.32. The van der Waals surface area contributed by atoms with Gasteiger partial charge in [-0.1, -0.05) is 38.0 Å². The third-order valence-electron chi connectivity index (χ3n) is 3.02. The van der Waals surface area contributed by atoms with E-state index in [2.05, 4.69) is 54.4 Å². The minimum absolute atomic E-state index is 1.07. The Kier molecular flexibility index (Phi) is 7.48. The standard InChI is InChI=1S/C15H26N2/c1-3-5-9-12-16-13-14-17(4-2)15-10-7-6-8-11-15/h6-8,10-11,16H,3-5,9,12-14H2,1-2H3. The average Bonchev–Trinajstić information content (AvgIpc) is 2.39. The number of anilines is 1. The Hall–Kier alpha value is -1.02. The van der Waals surface area contributed by atoms with Crippen LogP contribution in [0.15, 0.2) is 30.3 Å². The first-order valence-corrected chi connectivity index (χ1v) is 6.89. The van der Waals surface area contributed by atoms with Gasteiger partial charge in [0.2, 0.25) is 0 Å². The third kappa shape index (κ3) is 5.73. The van der Waals surface area contributed by atoms with Gasteiger partial charge < -0.3 is 10.2 Å². The fourth-order valence-electron chi connectivity index (χ4n) is 1.95. The molecule has 0 saturated heterocycles. The van der Waals surface area contributed by atoms with E-state index < -0.39 is 0 Å². The summed E-state index contributed by atoms with van der Waals surface area (Å²) in [7, 11) is 0. The van der Waals surface area contributed by atoms with Crippen molar-refractivity contribution in [3.63, 3.8) is 0 Å². The number of unbranched alkanes of at least 4 members (excludes halogenated alkanes) is 2. The highest BCUT2D eigenvalue weighted by atomic mass is 15.1. The van der Waals surface area contributed by atoms with Crippen LogP contribution in [0.1, 0.15) is 33.1 Å². The molecule has 0 atom stereocenters. The molecular weight excluding hydrogens is 208 g/mol. The molecule has 0 amide bonds. The van der Waals surface area contributed by atoms with Crippen molar-refractivity contribution < 1.29 is 0 Å². The van der Waals surface area contributed by atoms with Crippen LogP contribution in [-0.2, 0) is 0 Å². The maximum absolute atomic E-state index is 3.51. The van der Waals surface area contributed by atoms with Gasteiger partial charge in [0.1, 0.15) is 0 Å². The van der Waals surface area contributed by atoms with Crippen molar-refractivity contribution >= 4 is 5.69 Å². The molecule has 0 bridgehead atoms. The lowest BCUT2D eigenvalue weighted by Gasteiger charge is -2.23. The van der Waals surface area contributed by atoms with Crippen LogP contribution in [0, 0.1) is 0 Å². The Bertz CT molecular complexity index is 272. The first-order valence-electron chi connectivity index (χ1n) is 6.89. The maximum Gasteiger partial charge on any atom is 0.0366 e. The van der Waals surface area contributed by atoms with Crippen LogP contribution in [0.5, 0.6) is 0 Å². The summed E-state index contributed by atoms with van der Waals surface area (Å²) in [5, 5.41) is 3.51. The normalized spacial score (nSPS) is 10.5. The van der Waals surface area contributed by atoms with E-state index in [0.29, 0.717) is 0 Å². The molecule has 1 N–H and O–H groups in total. The molecule has 96 valence electrons. The molecular formula is C15H26N2. The number of nitrogens with zero attached hydrogens (tertiary/aromatic N) is 1. The second kappa shape index (κ2) is 9.06. The Labute approximate surface area is 106 Å². The van der Waals surface area contributed by atoms with Gasteiger partial charge >= 0.3 is 0 Å². The van der Waals surface area contributed by atoms with Crippen molar-refractivity contribution in [1.29, 1.82) is 0 Å². The summed E-state index contributed by atoms with van der Waals surface area (Å²) in [5.74, 6) is 0. The topological polar surface area (TPSA) is 15.3 Å². The van der Waals surface area contributed by atoms with Gasteiger partial charge in [-0.2, -0.15) is 0 Å². The van der Waals surface area contributed by atoms with Crippen molar-refractivity contribution in [2.45, 2.75) is 33.1 Å². The van der Waals surface area contributed by atoms with Crippen LogP contribution in [0.4, 0.5) is 5.69 Å². The average molecular weight is 234 g/mol. The van der Waals surface area contributed by atoms with Crippen LogP contribution in [0.2, 0.25) is 0 Å². The van der Waals surface area contributed by atoms with Gasteiger partial charge in [-0.15, -0.1) is 0 Å². The molecule has 0 unspecified atom stereocenters. The summed E-state index contributed by atoms with van der Waals surface area (Å²) in [4.78, 5) is 2.41. The van der Waals surface area contributed by atoms with E-state index in [4.69, 9.17) is 0 Å². The molecule has 17 heavy (non-hydrogen) atoms. The van der Waals surface area contributed by atoms with E-state index >= 15 is 0 Å². The van der Waals surface area contributed by atoms with E-state index in [1.54, 1.807) is 0 Å². The highest BCUT2D eigenvalue weighted by Gasteiger charge is 2.01. The highest BCUT2D eigenvalue weighted by Crippen LogP contribution is 2.11. The number of likely N-dealkylation sites (N-methyl/N-ethyl adjacent to an activating group) is 1. The molecule has 0 aliphatic heterocycles. The second-order valence-electron chi connectivity index (χ2n) is 4.37. The smallest absolute Gasteiger partial charge is 0.0366 e. The van der Waals surface area contributed by atoms with Crippen molar-refractivity contribution in [3.8, 4) is 0 Å². The number of rotatable bonds is 9. The van der Waals surface area contributed by atoms with E-state index in [1.165, 1.54) is 24.9 Å². The summed E-state index contributed by atoms with van der Waals surface area (Å²) >= 11 is 0. The van der Waals surface area contributed by atoms with Crippen molar-refractivity contribution in [2.24, 2.45) is 0 Å². The van der Waals surface area contributed by atoms with Gasteiger partial charge in [-0.25, -0.2) is 0 Å². The van der Waals surface area contributed by atoms with Crippen LogP contribution in [0.3, 0.4) is 0 Å². The van der Waals surface area contributed by atoms with Gasteiger partial charge in [0.25, 0.3) is 0 Å². The lowest BCUT2D eigenvalue weighted by atomic mass is 10.2. The molecule has 0 aromatic heterocycles. The molecule has 1 rings (SSSR count). The molecule has 2 nitrogen and oxygen atoms in total. The van der Waals surface area contributed by atoms with Gasteiger partial charge in [0.15, 0.2) is 0 Å². The minimum Gasteiger partial charge on any atom is -0.371 e. The predicted octanol–water partition coefficient (Wildman–Crippen LogP) is 3.29. The second-order valence-corrected chi connectivity index (χ2v) is 4.37. The van der Waals surface area contributed by atoms with Crippen molar-refractivity contribution in [1.82, 2.24) is 5.32 Å². The number of nitrogens with one attached hydrogen (secondary N) is 1. The largest absolute Gasteiger partial charge is 0.371 e.